The Morgan fingerprint density at radius 1 is 0.808 bits per heavy atom. The zero-order valence-electron chi connectivity index (χ0n) is 15.4. The van der Waals surface area contributed by atoms with Gasteiger partial charge in [-0.15, -0.1) is 0 Å². The Kier molecular flexibility index (Phi) is 3.80. The standard InChI is InChI=1S/C24H22O2/c1-24(2,3)21-10-8-17-12-15-6-4-5-7-16(15)13-19(17)23(21)20-14-18(25)9-11-22(20)26/h4-11,14H,12-13H2,1-3H3. The van der Waals surface area contributed by atoms with Crippen molar-refractivity contribution in [2.24, 2.45) is 0 Å². The first-order chi connectivity index (χ1) is 12.3. The Morgan fingerprint density at radius 3 is 2.19 bits per heavy atom. The molecule has 0 saturated carbocycles. The molecule has 2 aliphatic carbocycles. The summed E-state index contributed by atoms with van der Waals surface area (Å²) in [6.07, 6.45) is 5.93. The summed E-state index contributed by atoms with van der Waals surface area (Å²) in [5, 5.41) is 0. The van der Waals surface area contributed by atoms with Crippen LogP contribution in [0.1, 0.15) is 54.2 Å². The van der Waals surface area contributed by atoms with Gasteiger partial charge in [-0.1, -0.05) is 57.2 Å². The van der Waals surface area contributed by atoms with Crippen LogP contribution in [0, 0.1) is 0 Å². The maximum Gasteiger partial charge on any atom is 0.186 e. The molecule has 4 rings (SSSR count). The van der Waals surface area contributed by atoms with E-state index >= 15 is 0 Å². The molecule has 0 radical (unpaired) electrons. The van der Waals surface area contributed by atoms with Crippen molar-refractivity contribution in [3.05, 3.63) is 88.0 Å². The lowest BCUT2D eigenvalue weighted by Gasteiger charge is -2.30. The number of carbonyl (C=O) groups is 2. The Hall–Kier alpha value is -2.74. The summed E-state index contributed by atoms with van der Waals surface area (Å²) < 4.78 is 0. The number of benzene rings is 2. The molecule has 0 aliphatic heterocycles. The third kappa shape index (κ3) is 2.76. The molecule has 0 saturated heterocycles. The van der Waals surface area contributed by atoms with Crippen LogP contribution in [0.4, 0.5) is 0 Å². The second-order valence-corrected chi connectivity index (χ2v) is 8.16. The van der Waals surface area contributed by atoms with Crippen LogP contribution in [-0.2, 0) is 27.8 Å². The third-order valence-corrected chi connectivity index (χ3v) is 5.30. The summed E-state index contributed by atoms with van der Waals surface area (Å²) in [6.45, 7) is 6.46. The highest BCUT2D eigenvalue weighted by atomic mass is 16.1. The van der Waals surface area contributed by atoms with Gasteiger partial charge >= 0.3 is 0 Å². The molecule has 0 N–H and O–H groups in total. The third-order valence-electron chi connectivity index (χ3n) is 5.30. The first-order valence-electron chi connectivity index (χ1n) is 9.05. The van der Waals surface area contributed by atoms with Gasteiger partial charge in [0.05, 0.1) is 0 Å². The van der Waals surface area contributed by atoms with Crippen molar-refractivity contribution in [1.29, 1.82) is 0 Å². The minimum atomic E-state index is -0.118. The normalized spacial score (nSPS) is 16.2. The van der Waals surface area contributed by atoms with Crippen LogP contribution < -0.4 is 0 Å². The van der Waals surface area contributed by atoms with Crippen LogP contribution in [0.25, 0.3) is 5.57 Å². The molecule has 0 amide bonds. The average Bonchev–Trinajstić information content (AvgIpc) is 2.60. The highest BCUT2D eigenvalue weighted by Gasteiger charge is 2.29. The van der Waals surface area contributed by atoms with Crippen LogP contribution in [0.2, 0.25) is 0 Å². The predicted octanol–water partition coefficient (Wildman–Crippen LogP) is 4.57. The number of hydrogen-bond donors (Lipinski definition) is 0. The van der Waals surface area contributed by atoms with Crippen LogP contribution in [-0.4, -0.2) is 11.6 Å². The van der Waals surface area contributed by atoms with Crippen molar-refractivity contribution < 1.29 is 9.59 Å². The van der Waals surface area contributed by atoms with E-state index in [1.165, 1.54) is 40.5 Å². The van der Waals surface area contributed by atoms with Crippen molar-refractivity contribution in [3.8, 4) is 0 Å². The molecule has 2 aromatic carbocycles. The summed E-state index contributed by atoms with van der Waals surface area (Å²) in [7, 11) is 0. The number of hydrogen-bond acceptors (Lipinski definition) is 2. The lowest BCUT2D eigenvalue weighted by atomic mass is 9.73. The molecule has 2 aromatic rings. The Morgan fingerprint density at radius 2 is 1.50 bits per heavy atom. The molecule has 2 heteroatoms. The Labute approximate surface area is 154 Å². The molecule has 26 heavy (non-hydrogen) atoms. The number of fused-ring (bicyclic) bond motifs is 2. The van der Waals surface area contributed by atoms with Gasteiger partial charge in [-0.2, -0.15) is 0 Å². The summed E-state index contributed by atoms with van der Waals surface area (Å²) in [5.74, 6) is -0.198. The minimum Gasteiger partial charge on any atom is -0.290 e. The second-order valence-electron chi connectivity index (χ2n) is 8.16. The smallest absolute Gasteiger partial charge is 0.186 e. The van der Waals surface area contributed by atoms with Crippen LogP contribution in [0.15, 0.2) is 54.6 Å². The monoisotopic (exact) mass is 342 g/mol. The molecule has 0 atom stereocenters. The highest BCUT2D eigenvalue weighted by Crippen LogP contribution is 2.39. The molecule has 0 aromatic heterocycles. The quantitative estimate of drug-likeness (QED) is 0.607. The number of allylic oxidation sites excluding steroid dienone is 4. The minimum absolute atomic E-state index is 0.0811. The number of carbonyl (C=O) groups excluding carboxylic acids is 2. The topological polar surface area (TPSA) is 34.1 Å². The Bertz CT molecular complexity index is 997. The predicted molar refractivity (Wildman–Crippen MR) is 104 cm³/mol. The first kappa shape index (κ1) is 16.7. The summed E-state index contributed by atoms with van der Waals surface area (Å²) >= 11 is 0. The highest BCUT2D eigenvalue weighted by molar-refractivity contribution is 6.34. The van der Waals surface area contributed by atoms with E-state index in [0.717, 1.165) is 24.0 Å². The van der Waals surface area contributed by atoms with Gasteiger partial charge in [0.15, 0.2) is 11.6 Å². The van der Waals surface area contributed by atoms with E-state index in [1.807, 2.05) is 0 Å². The summed E-state index contributed by atoms with van der Waals surface area (Å²) in [4.78, 5) is 24.6. The summed E-state index contributed by atoms with van der Waals surface area (Å²) in [5.41, 5.74) is 7.60. The zero-order valence-corrected chi connectivity index (χ0v) is 15.4. The van der Waals surface area contributed by atoms with E-state index in [-0.39, 0.29) is 17.0 Å². The molecule has 2 aliphatic rings. The first-order valence-corrected chi connectivity index (χ1v) is 9.05. The fourth-order valence-corrected chi connectivity index (χ4v) is 3.99. The van der Waals surface area contributed by atoms with E-state index in [2.05, 4.69) is 57.2 Å². The largest absolute Gasteiger partial charge is 0.290 e. The van der Waals surface area contributed by atoms with Gasteiger partial charge in [0, 0.05) is 5.57 Å². The van der Waals surface area contributed by atoms with Crippen LogP contribution in [0.5, 0.6) is 0 Å². The lowest BCUT2D eigenvalue weighted by Crippen LogP contribution is -2.21. The van der Waals surface area contributed by atoms with E-state index in [1.54, 1.807) is 0 Å². The molecule has 0 bridgehead atoms. The van der Waals surface area contributed by atoms with Gasteiger partial charge in [-0.05, 0) is 69.9 Å². The van der Waals surface area contributed by atoms with Crippen molar-refractivity contribution in [2.45, 2.75) is 39.0 Å². The van der Waals surface area contributed by atoms with Gasteiger partial charge < -0.3 is 0 Å². The second kappa shape index (κ2) is 5.91. The molecule has 0 fully saturated rings. The van der Waals surface area contributed by atoms with Gasteiger partial charge in [-0.3, -0.25) is 9.59 Å². The van der Waals surface area contributed by atoms with Gasteiger partial charge in [0.1, 0.15) is 0 Å². The van der Waals surface area contributed by atoms with Crippen molar-refractivity contribution >= 4 is 17.1 Å². The molecule has 2 nitrogen and oxygen atoms in total. The van der Waals surface area contributed by atoms with Gasteiger partial charge in [-0.25, -0.2) is 0 Å². The lowest BCUT2D eigenvalue weighted by molar-refractivity contribution is -0.113. The van der Waals surface area contributed by atoms with Crippen molar-refractivity contribution in [3.63, 3.8) is 0 Å². The molecule has 0 unspecified atom stereocenters. The van der Waals surface area contributed by atoms with E-state index < -0.39 is 0 Å². The number of ketones is 2. The average molecular weight is 342 g/mol. The SMILES string of the molecule is CC(C)(C)c1ccc2c(c1C1=CC(=O)C=CC1=O)Cc1ccccc1C2. The van der Waals surface area contributed by atoms with Crippen LogP contribution >= 0.6 is 0 Å². The van der Waals surface area contributed by atoms with Gasteiger partial charge in [0.25, 0.3) is 0 Å². The maximum atomic E-state index is 12.6. The summed E-state index contributed by atoms with van der Waals surface area (Å²) in [6, 6.07) is 12.8. The van der Waals surface area contributed by atoms with Crippen molar-refractivity contribution in [1.82, 2.24) is 0 Å². The molecule has 0 heterocycles. The van der Waals surface area contributed by atoms with E-state index in [0.29, 0.717) is 5.57 Å². The Balaban J connectivity index is 1.97. The number of rotatable bonds is 1. The fraction of sp³-hybridized carbons (Fsp3) is 0.250. The van der Waals surface area contributed by atoms with Crippen molar-refractivity contribution in [2.75, 3.05) is 0 Å². The molecular formula is C24H22O2. The van der Waals surface area contributed by atoms with E-state index in [9.17, 15) is 9.59 Å². The van der Waals surface area contributed by atoms with Gasteiger partial charge in [0.2, 0.25) is 0 Å². The molecular weight excluding hydrogens is 320 g/mol. The zero-order chi connectivity index (χ0) is 18.5. The van der Waals surface area contributed by atoms with Crippen LogP contribution in [0.3, 0.4) is 0 Å². The molecule has 130 valence electrons. The van der Waals surface area contributed by atoms with E-state index in [4.69, 9.17) is 0 Å². The maximum absolute atomic E-state index is 12.6. The fourth-order valence-electron chi connectivity index (χ4n) is 3.99. The molecule has 0 spiro atoms.